The van der Waals surface area contributed by atoms with Crippen LogP contribution in [0.25, 0.3) is 0 Å². The topological polar surface area (TPSA) is 35.5 Å². The molecule has 0 unspecified atom stereocenters. The van der Waals surface area contributed by atoms with Gasteiger partial charge in [-0.25, -0.2) is 0 Å². The molecule has 0 radical (unpaired) electrons. The lowest BCUT2D eigenvalue weighted by molar-refractivity contribution is -0.126. The Morgan fingerprint density at radius 1 is 1.50 bits per heavy atom. The molecule has 1 saturated carbocycles. The molecule has 0 spiro atoms. The summed E-state index contributed by atoms with van der Waals surface area (Å²) < 4.78 is 10.7. The smallest absolute Gasteiger partial charge is 0.155 e. The number of ether oxygens (including phenoxy) is 2. The van der Waals surface area contributed by atoms with Crippen molar-refractivity contribution >= 4 is 5.78 Å². The van der Waals surface area contributed by atoms with Gasteiger partial charge in [0.15, 0.2) is 5.78 Å². The first-order valence-electron chi connectivity index (χ1n) is 6.01. The molecule has 0 heterocycles. The third-order valence-corrected chi connectivity index (χ3v) is 3.97. The van der Waals surface area contributed by atoms with Crippen molar-refractivity contribution in [2.24, 2.45) is 5.41 Å². The van der Waals surface area contributed by atoms with E-state index >= 15 is 0 Å². The van der Waals surface area contributed by atoms with Crippen molar-refractivity contribution in [1.29, 1.82) is 0 Å². The highest BCUT2D eigenvalue weighted by Gasteiger charge is 2.43. The van der Waals surface area contributed by atoms with E-state index in [0.29, 0.717) is 13.2 Å². The predicted molar refractivity (Wildman–Crippen MR) is 61.0 cm³/mol. The summed E-state index contributed by atoms with van der Waals surface area (Å²) >= 11 is 0. The average Bonchev–Trinajstić information content (AvgIpc) is 2.27. The van der Waals surface area contributed by atoms with Crippen LogP contribution >= 0.6 is 0 Å². The van der Waals surface area contributed by atoms with Crippen LogP contribution in [0.2, 0.25) is 0 Å². The van der Waals surface area contributed by atoms with E-state index in [0.717, 1.165) is 25.7 Å². The lowest BCUT2D eigenvalue weighted by Crippen LogP contribution is -2.42. The number of rotatable bonds is 3. The van der Waals surface area contributed by atoms with E-state index in [1.54, 1.807) is 7.11 Å². The molecule has 0 aliphatic heterocycles. The Kier molecular flexibility index (Phi) is 3.45. The molecule has 0 saturated heterocycles. The van der Waals surface area contributed by atoms with Crippen molar-refractivity contribution in [2.75, 3.05) is 13.9 Å². The van der Waals surface area contributed by atoms with Gasteiger partial charge in [-0.2, -0.15) is 0 Å². The van der Waals surface area contributed by atoms with E-state index < -0.39 is 0 Å². The van der Waals surface area contributed by atoms with Gasteiger partial charge in [0.2, 0.25) is 0 Å². The maximum absolute atomic E-state index is 11.4. The van der Waals surface area contributed by atoms with Gasteiger partial charge in [-0.1, -0.05) is 12.5 Å². The molecule has 0 aromatic rings. The van der Waals surface area contributed by atoms with E-state index in [1.807, 2.05) is 6.08 Å². The van der Waals surface area contributed by atoms with Crippen LogP contribution in [0, 0.1) is 5.41 Å². The molecule has 0 amide bonds. The van der Waals surface area contributed by atoms with Crippen LogP contribution in [0.3, 0.4) is 0 Å². The summed E-state index contributed by atoms with van der Waals surface area (Å²) in [6.07, 6.45) is 6.88. The Labute approximate surface area is 96.8 Å². The first-order chi connectivity index (χ1) is 7.66. The van der Waals surface area contributed by atoms with Gasteiger partial charge >= 0.3 is 0 Å². The van der Waals surface area contributed by atoms with Gasteiger partial charge in [-0.05, 0) is 31.8 Å². The summed E-state index contributed by atoms with van der Waals surface area (Å²) in [5, 5.41) is 0. The molecular weight excluding hydrogens is 204 g/mol. The number of hydrogen-bond acceptors (Lipinski definition) is 3. The Hall–Kier alpha value is -0.670. The number of allylic oxidation sites excluding steroid dienone is 1. The Morgan fingerprint density at radius 3 is 3.06 bits per heavy atom. The molecule has 3 heteroatoms. The van der Waals surface area contributed by atoms with Crippen LogP contribution < -0.4 is 0 Å². The number of carbonyl (C=O) groups is 1. The first-order valence-corrected chi connectivity index (χ1v) is 6.01. The van der Waals surface area contributed by atoms with Crippen LogP contribution in [0.1, 0.15) is 39.0 Å². The van der Waals surface area contributed by atoms with Gasteiger partial charge in [0.05, 0.1) is 6.10 Å². The van der Waals surface area contributed by atoms with Crippen molar-refractivity contribution < 1.29 is 14.3 Å². The molecular formula is C13H20O3. The maximum atomic E-state index is 11.4. The summed E-state index contributed by atoms with van der Waals surface area (Å²) in [5.41, 5.74) is 1.35. The Bertz CT molecular complexity index is 308. The summed E-state index contributed by atoms with van der Waals surface area (Å²) in [4.78, 5) is 11.4. The predicted octanol–water partition coefficient (Wildman–Crippen LogP) is 2.46. The standard InChI is InChI=1S/C13H20O3/c1-13-7-6-11(14)8-10(13)4-3-5-12(13)16-9-15-2/h8,12H,3-7,9H2,1-2H3/t12-,13-/m1/s1. The highest BCUT2D eigenvalue weighted by Crippen LogP contribution is 2.47. The van der Waals surface area contributed by atoms with Crippen molar-refractivity contribution in [1.82, 2.24) is 0 Å². The fraction of sp³-hybridized carbons (Fsp3) is 0.769. The molecule has 90 valence electrons. The van der Waals surface area contributed by atoms with Gasteiger partial charge in [0.1, 0.15) is 6.79 Å². The fourth-order valence-electron chi connectivity index (χ4n) is 2.91. The summed E-state index contributed by atoms with van der Waals surface area (Å²) in [6, 6.07) is 0. The zero-order chi connectivity index (χ0) is 11.6. The number of carbonyl (C=O) groups excluding carboxylic acids is 1. The Balaban J connectivity index is 2.16. The molecule has 0 bridgehead atoms. The summed E-state index contributed by atoms with van der Waals surface area (Å²) in [7, 11) is 1.65. The van der Waals surface area contributed by atoms with E-state index in [-0.39, 0.29) is 17.3 Å². The Morgan fingerprint density at radius 2 is 2.31 bits per heavy atom. The second-order valence-corrected chi connectivity index (χ2v) is 5.01. The van der Waals surface area contributed by atoms with Gasteiger partial charge in [-0.15, -0.1) is 0 Å². The van der Waals surface area contributed by atoms with Gasteiger partial charge in [0, 0.05) is 18.9 Å². The van der Waals surface area contributed by atoms with Gasteiger partial charge < -0.3 is 9.47 Å². The van der Waals surface area contributed by atoms with Crippen LogP contribution in [-0.2, 0) is 14.3 Å². The number of methoxy groups -OCH3 is 1. The molecule has 3 nitrogen and oxygen atoms in total. The second kappa shape index (κ2) is 4.68. The quantitative estimate of drug-likeness (QED) is 0.691. The SMILES string of the molecule is COCO[C@@H]1CCCC2=CC(=O)CC[C@]21C. The van der Waals surface area contributed by atoms with Crippen molar-refractivity contribution in [3.8, 4) is 0 Å². The number of hydrogen-bond donors (Lipinski definition) is 0. The number of ketones is 1. The van der Waals surface area contributed by atoms with Crippen LogP contribution in [-0.4, -0.2) is 25.8 Å². The first kappa shape index (κ1) is 11.8. The van der Waals surface area contributed by atoms with Gasteiger partial charge in [0.25, 0.3) is 0 Å². The molecule has 0 aromatic carbocycles. The summed E-state index contributed by atoms with van der Waals surface area (Å²) in [5.74, 6) is 0.278. The van der Waals surface area contributed by atoms with E-state index in [9.17, 15) is 4.79 Å². The van der Waals surface area contributed by atoms with E-state index in [4.69, 9.17) is 9.47 Å². The number of fused-ring (bicyclic) bond motifs is 1. The second-order valence-electron chi connectivity index (χ2n) is 5.01. The third-order valence-electron chi connectivity index (χ3n) is 3.97. The lowest BCUT2D eigenvalue weighted by atomic mass is 9.64. The van der Waals surface area contributed by atoms with E-state index in [1.165, 1.54) is 5.57 Å². The zero-order valence-corrected chi connectivity index (χ0v) is 10.1. The highest BCUT2D eigenvalue weighted by molar-refractivity contribution is 5.91. The average molecular weight is 224 g/mol. The molecule has 1 fully saturated rings. The van der Waals surface area contributed by atoms with Crippen LogP contribution in [0.15, 0.2) is 11.6 Å². The van der Waals surface area contributed by atoms with Crippen molar-refractivity contribution in [3.05, 3.63) is 11.6 Å². The molecule has 16 heavy (non-hydrogen) atoms. The minimum atomic E-state index is 0.0602. The largest absolute Gasteiger partial charge is 0.359 e. The van der Waals surface area contributed by atoms with Crippen molar-refractivity contribution in [2.45, 2.75) is 45.1 Å². The van der Waals surface area contributed by atoms with E-state index in [2.05, 4.69) is 6.92 Å². The summed E-state index contributed by atoms with van der Waals surface area (Å²) in [6.45, 7) is 2.58. The molecule has 0 aromatic heterocycles. The molecule has 2 aliphatic carbocycles. The maximum Gasteiger partial charge on any atom is 0.155 e. The molecule has 2 rings (SSSR count). The zero-order valence-electron chi connectivity index (χ0n) is 10.1. The third kappa shape index (κ3) is 2.06. The fourth-order valence-corrected chi connectivity index (χ4v) is 2.91. The minimum absolute atomic E-state index is 0.0602. The molecule has 0 N–H and O–H groups in total. The van der Waals surface area contributed by atoms with Crippen molar-refractivity contribution in [3.63, 3.8) is 0 Å². The lowest BCUT2D eigenvalue weighted by Gasteiger charge is -2.45. The molecule has 2 atom stereocenters. The molecule has 2 aliphatic rings. The van der Waals surface area contributed by atoms with Gasteiger partial charge in [-0.3, -0.25) is 4.79 Å². The minimum Gasteiger partial charge on any atom is -0.359 e. The highest BCUT2D eigenvalue weighted by atomic mass is 16.7. The monoisotopic (exact) mass is 224 g/mol. The van der Waals surface area contributed by atoms with Crippen LogP contribution in [0.4, 0.5) is 0 Å². The van der Waals surface area contributed by atoms with Crippen LogP contribution in [0.5, 0.6) is 0 Å². The normalized spacial score (nSPS) is 34.5.